The Morgan fingerprint density at radius 2 is 1.64 bits per heavy atom. The van der Waals surface area contributed by atoms with Crippen molar-refractivity contribution < 1.29 is 19.1 Å². The molecule has 6 heteroatoms. The van der Waals surface area contributed by atoms with Crippen molar-refractivity contribution in [1.82, 2.24) is 4.90 Å². The Balaban J connectivity index is 2.57. The van der Waals surface area contributed by atoms with Crippen LogP contribution in [0, 0.1) is 0 Å². The lowest BCUT2D eigenvalue weighted by Crippen LogP contribution is -2.29. The highest BCUT2D eigenvalue weighted by Crippen LogP contribution is 2.40. The lowest BCUT2D eigenvalue weighted by Gasteiger charge is -2.30. The average molecular weight is 408 g/mol. The Bertz CT molecular complexity index is 677. The van der Waals surface area contributed by atoms with Crippen LogP contribution in [0.3, 0.4) is 0 Å². The molecule has 0 radical (unpaired) electrons. The number of carbonyl (C=O) groups excluding carboxylic acids is 2. The summed E-state index contributed by atoms with van der Waals surface area (Å²) in [6.07, 6.45) is 5.47. The van der Waals surface area contributed by atoms with Crippen molar-refractivity contribution in [3.63, 3.8) is 0 Å². The van der Waals surface area contributed by atoms with Gasteiger partial charge in [0.15, 0.2) is 0 Å². The van der Waals surface area contributed by atoms with E-state index in [-0.39, 0.29) is 0 Å². The molecule has 0 fully saturated rings. The number of carbonyl (C=O) groups is 2. The quantitative estimate of drug-likeness (QED) is 0.671. The summed E-state index contributed by atoms with van der Waals surface area (Å²) in [6, 6.07) is 7.51. The number of unbranched alkanes of at least 4 members (excludes halogenated alkanes) is 1. The van der Waals surface area contributed by atoms with Crippen molar-refractivity contribution in [1.29, 1.82) is 0 Å². The van der Waals surface area contributed by atoms with E-state index in [0.29, 0.717) is 17.7 Å². The molecule has 1 aromatic rings. The predicted octanol–water partition coefficient (Wildman–Crippen LogP) is 3.76. The molecule has 0 saturated carbocycles. The second-order valence-electron chi connectivity index (χ2n) is 5.70. The van der Waals surface area contributed by atoms with E-state index in [2.05, 4.69) is 22.9 Å². The molecule has 0 aromatic heterocycles. The second-order valence-corrected chi connectivity index (χ2v) is 6.55. The highest BCUT2D eigenvalue weighted by molar-refractivity contribution is 9.10. The van der Waals surface area contributed by atoms with Crippen molar-refractivity contribution >= 4 is 27.9 Å². The van der Waals surface area contributed by atoms with Gasteiger partial charge in [-0.25, -0.2) is 9.59 Å². The van der Waals surface area contributed by atoms with E-state index >= 15 is 0 Å². The minimum Gasteiger partial charge on any atom is -0.466 e. The number of esters is 2. The van der Waals surface area contributed by atoms with Gasteiger partial charge in [0.2, 0.25) is 0 Å². The summed E-state index contributed by atoms with van der Waals surface area (Å²) in [5.41, 5.74) is 1.63. The van der Waals surface area contributed by atoms with Crippen LogP contribution in [0.15, 0.2) is 52.3 Å². The maximum atomic E-state index is 12.4. The van der Waals surface area contributed by atoms with Crippen LogP contribution < -0.4 is 0 Å². The average Bonchev–Trinajstić information content (AvgIpc) is 2.64. The Kier molecular flexibility index (Phi) is 6.82. The van der Waals surface area contributed by atoms with E-state index in [4.69, 9.17) is 9.47 Å². The van der Waals surface area contributed by atoms with Gasteiger partial charge in [0, 0.05) is 23.4 Å². The molecule has 1 aliphatic heterocycles. The molecule has 0 amide bonds. The van der Waals surface area contributed by atoms with Crippen molar-refractivity contribution in [3.8, 4) is 0 Å². The Morgan fingerprint density at radius 3 is 2.12 bits per heavy atom. The smallest absolute Gasteiger partial charge is 0.336 e. The van der Waals surface area contributed by atoms with E-state index in [9.17, 15) is 9.59 Å². The standard InChI is InChI=1S/C19H22BrNO4/c1-4-5-10-21-11-14(18(22)24-2)17(15(12-21)19(23)25-3)13-8-6-7-9-16(13)20/h6-9,11-12,17H,4-5,10H2,1-3H3. The zero-order valence-corrected chi connectivity index (χ0v) is 16.2. The minimum atomic E-state index is -0.548. The van der Waals surface area contributed by atoms with Gasteiger partial charge in [0.1, 0.15) is 0 Å². The summed E-state index contributed by atoms with van der Waals surface area (Å²) >= 11 is 3.51. The summed E-state index contributed by atoms with van der Waals surface area (Å²) in [4.78, 5) is 26.7. The Labute approximate surface area is 156 Å². The van der Waals surface area contributed by atoms with E-state index in [0.717, 1.165) is 22.9 Å². The second kappa shape index (κ2) is 8.85. The summed E-state index contributed by atoms with van der Waals surface area (Å²) in [6.45, 7) is 2.80. The number of ether oxygens (including phenoxy) is 2. The zero-order valence-electron chi connectivity index (χ0n) is 14.6. The largest absolute Gasteiger partial charge is 0.466 e. The van der Waals surface area contributed by atoms with Crippen LogP contribution in [0.25, 0.3) is 0 Å². The van der Waals surface area contributed by atoms with E-state index in [1.54, 1.807) is 12.4 Å². The molecule has 0 unspecified atom stereocenters. The maximum absolute atomic E-state index is 12.4. The van der Waals surface area contributed by atoms with Crippen molar-refractivity contribution in [2.75, 3.05) is 20.8 Å². The number of hydrogen-bond donors (Lipinski definition) is 0. The van der Waals surface area contributed by atoms with Crippen molar-refractivity contribution in [2.24, 2.45) is 0 Å². The first kappa shape index (κ1) is 19.2. The van der Waals surface area contributed by atoms with Gasteiger partial charge in [-0.1, -0.05) is 47.5 Å². The van der Waals surface area contributed by atoms with Gasteiger partial charge < -0.3 is 14.4 Å². The van der Waals surface area contributed by atoms with Gasteiger partial charge in [-0.3, -0.25) is 0 Å². The molecule has 1 aliphatic rings. The SMILES string of the molecule is CCCCN1C=C(C(=O)OC)C(c2ccccc2Br)C(C(=O)OC)=C1. The molecule has 5 nitrogen and oxygen atoms in total. The first-order chi connectivity index (χ1) is 12.0. The van der Waals surface area contributed by atoms with E-state index in [1.807, 2.05) is 29.2 Å². The molecule has 25 heavy (non-hydrogen) atoms. The third kappa shape index (κ3) is 4.31. The summed E-state index contributed by atoms with van der Waals surface area (Å²) < 4.78 is 10.7. The van der Waals surface area contributed by atoms with Crippen LogP contribution in [-0.4, -0.2) is 37.6 Å². The molecule has 0 N–H and O–H groups in total. The van der Waals surface area contributed by atoms with Crippen molar-refractivity contribution in [2.45, 2.75) is 25.7 Å². The molecule has 0 saturated heterocycles. The normalized spacial score (nSPS) is 14.6. The third-order valence-electron chi connectivity index (χ3n) is 4.06. The minimum absolute atomic E-state index is 0.411. The highest BCUT2D eigenvalue weighted by Gasteiger charge is 2.35. The predicted molar refractivity (Wildman–Crippen MR) is 98.7 cm³/mol. The topological polar surface area (TPSA) is 55.8 Å². The Hall–Kier alpha value is -2.08. The zero-order chi connectivity index (χ0) is 18.4. The molecule has 0 aliphatic carbocycles. The number of nitrogens with zero attached hydrogens (tertiary/aromatic N) is 1. The molecule has 2 rings (SSSR count). The molecule has 0 atom stereocenters. The van der Waals surface area contributed by atoms with Crippen LogP contribution in [-0.2, 0) is 19.1 Å². The molecule has 1 heterocycles. The van der Waals surface area contributed by atoms with Crippen LogP contribution in [0.1, 0.15) is 31.2 Å². The third-order valence-corrected chi connectivity index (χ3v) is 4.78. The number of methoxy groups -OCH3 is 2. The van der Waals surface area contributed by atoms with Crippen LogP contribution in [0.4, 0.5) is 0 Å². The lowest BCUT2D eigenvalue weighted by atomic mass is 9.83. The molecule has 134 valence electrons. The number of halogens is 1. The van der Waals surface area contributed by atoms with Crippen molar-refractivity contribution in [3.05, 3.63) is 57.8 Å². The van der Waals surface area contributed by atoms with Gasteiger partial charge in [-0.05, 0) is 18.1 Å². The van der Waals surface area contributed by atoms with Gasteiger partial charge in [0.05, 0.1) is 31.3 Å². The monoisotopic (exact) mass is 407 g/mol. The summed E-state index contributed by atoms with van der Waals surface area (Å²) in [5.74, 6) is -1.47. The van der Waals surface area contributed by atoms with Crippen LogP contribution >= 0.6 is 15.9 Å². The fourth-order valence-corrected chi connectivity index (χ4v) is 3.32. The fourth-order valence-electron chi connectivity index (χ4n) is 2.80. The Morgan fingerprint density at radius 1 is 1.08 bits per heavy atom. The number of hydrogen-bond acceptors (Lipinski definition) is 5. The molecule has 0 bridgehead atoms. The van der Waals surface area contributed by atoms with Crippen LogP contribution in [0.5, 0.6) is 0 Å². The lowest BCUT2D eigenvalue weighted by molar-refractivity contribution is -0.137. The summed E-state index contributed by atoms with van der Waals surface area (Å²) in [7, 11) is 2.68. The maximum Gasteiger partial charge on any atom is 0.336 e. The molecular formula is C19H22BrNO4. The first-order valence-electron chi connectivity index (χ1n) is 8.13. The number of rotatable bonds is 6. The van der Waals surface area contributed by atoms with Gasteiger partial charge in [-0.2, -0.15) is 0 Å². The van der Waals surface area contributed by atoms with Crippen LogP contribution in [0.2, 0.25) is 0 Å². The fraction of sp³-hybridized carbons (Fsp3) is 0.368. The van der Waals surface area contributed by atoms with Gasteiger partial charge in [-0.15, -0.1) is 0 Å². The number of benzene rings is 1. The molecular weight excluding hydrogens is 386 g/mol. The molecule has 1 aromatic carbocycles. The molecule has 0 spiro atoms. The van der Waals surface area contributed by atoms with E-state index in [1.165, 1.54) is 14.2 Å². The van der Waals surface area contributed by atoms with Gasteiger partial charge in [0.25, 0.3) is 0 Å². The highest BCUT2D eigenvalue weighted by atomic mass is 79.9. The van der Waals surface area contributed by atoms with Gasteiger partial charge >= 0.3 is 11.9 Å². The summed E-state index contributed by atoms with van der Waals surface area (Å²) in [5, 5.41) is 0. The first-order valence-corrected chi connectivity index (χ1v) is 8.93. The van der Waals surface area contributed by atoms with E-state index < -0.39 is 17.9 Å².